The van der Waals surface area contributed by atoms with Crippen LogP contribution in [0.15, 0.2) is 24.5 Å². The van der Waals surface area contributed by atoms with Crippen LogP contribution in [0.5, 0.6) is 0 Å². The first kappa shape index (κ1) is 14.7. The fraction of sp³-hybridized carbons (Fsp3) is 0.286. The highest BCUT2D eigenvalue weighted by Gasteiger charge is 2.20. The number of nitrogens with one attached hydrogen (secondary N) is 1. The Morgan fingerprint density at radius 2 is 2.19 bits per heavy atom. The number of anilines is 1. The molecule has 7 heteroatoms. The summed E-state index contributed by atoms with van der Waals surface area (Å²) in [5.74, 6) is -0.649. The summed E-state index contributed by atoms with van der Waals surface area (Å²) >= 11 is 0. The summed E-state index contributed by atoms with van der Waals surface area (Å²) in [6.07, 6.45) is 2.90. The lowest BCUT2D eigenvalue weighted by Crippen LogP contribution is -2.19. The summed E-state index contributed by atoms with van der Waals surface area (Å²) in [6.45, 7) is 3.75. The standard InChI is InChI=1S/C14H16N4O3/c1-4-21-14(20)10-8-16-18(3)12(10)17-13(19)11-9(2)6-5-7-15-11/h5-8H,4H2,1-3H3,(H,17,19). The third kappa shape index (κ3) is 3.07. The van der Waals surface area contributed by atoms with E-state index in [1.54, 1.807) is 33.0 Å². The van der Waals surface area contributed by atoms with Crippen molar-refractivity contribution in [3.05, 3.63) is 41.3 Å². The molecule has 2 aromatic rings. The molecule has 0 aliphatic heterocycles. The number of carbonyl (C=O) groups excluding carboxylic acids is 2. The third-order valence-electron chi connectivity index (χ3n) is 2.89. The van der Waals surface area contributed by atoms with Gasteiger partial charge in [-0.2, -0.15) is 5.10 Å². The van der Waals surface area contributed by atoms with Crippen LogP contribution in [0.2, 0.25) is 0 Å². The highest BCUT2D eigenvalue weighted by molar-refractivity contribution is 6.06. The van der Waals surface area contributed by atoms with Crippen molar-refractivity contribution in [3.63, 3.8) is 0 Å². The minimum absolute atomic E-state index is 0.210. The topological polar surface area (TPSA) is 86.1 Å². The van der Waals surface area contributed by atoms with Crippen molar-refractivity contribution in [1.82, 2.24) is 14.8 Å². The van der Waals surface area contributed by atoms with Gasteiger partial charge in [0.05, 0.1) is 12.8 Å². The van der Waals surface area contributed by atoms with Gasteiger partial charge in [0.1, 0.15) is 17.1 Å². The fourth-order valence-electron chi connectivity index (χ4n) is 1.83. The number of carbonyl (C=O) groups is 2. The SMILES string of the molecule is CCOC(=O)c1cnn(C)c1NC(=O)c1ncccc1C. The summed E-state index contributed by atoms with van der Waals surface area (Å²) in [4.78, 5) is 28.1. The Hall–Kier alpha value is -2.70. The number of pyridine rings is 1. The van der Waals surface area contributed by atoms with Crippen LogP contribution in [-0.4, -0.2) is 33.2 Å². The second kappa shape index (κ2) is 6.17. The zero-order chi connectivity index (χ0) is 15.4. The second-order valence-electron chi connectivity index (χ2n) is 4.37. The number of rotatable bonds is 4. The lowest BCUT2D eigenvalue weighted by molar-refractivity contribution is 0.0527. The van der Waals surface area contributed by atoms with E-state index >= 15 is 0 Å². The van der Waals surface area contributed by atoms with Gasteiger partial charge in [-0.25, -0.2) is 4.79 Å². The van der Waals surface area contributed by atoms with E-state index < -0.39 is 11.9 Å². The van der Waals surface area contributed by atoms with Gasteiger partial charge in [-0.1, -0.05) is 6.07 Å². The second-order valence-corrected chi connectivity index (χ2v) is 4.37. The maximum Gasteiger partial charge on any atom is 0.343 e. The Kier molecular flexibility index (Phi) is 4.32. The summed E-state index contributed by atoms with van der Waals surface area (Å²) in [7, 11) is 1.63. The molecule has 0 spiro atoms. The Balaban J connectivity index is 2.28. The molecule has 0 aliphatic rings. The van der Waals surface area contributed by atoms with Crippen LogP contribution in [0.1, 0.15) is 33.3 Å². The summed E-state index contributed by atoms with van der Waals surface area (Å²) in [5.41, 5.74) is 1.25. The maximum atomic E-state index is 12.3. The van der Waals surface area contributed by atoms with Crippen LogP contribution in [0.4, 0.5) is 5.82 Å². The van der Waals surface area contributed by atoms with Gasteiger partial charge in [0.25, 0.3) is 5.91 Å². The van der Waals surface area contributed by atoms with Crippen LogP contribution >= 0.6 is 0 Å². The fourth-order valence-corrected chi connectivity index (χ4v) is 1.83. The number of amides is 1. The molecule has 7 nitrogen and oxygen atoms in total. The van der Waals surface area contributed by atoms with E-state index in [0.29, 0.717) is 5.69 Å². The number of nitrogens with zero attached hydrogens (tertiary/aromatic N) is 3. The third-order valence-corrected chi connectivity index (χ3v) is 2.89. The molecule has 21 heavy (non-hydrogen) atoms. The van der Waals surface area contributed by atoms with Crippen LogP contribution in [0.3, 0.4) is 0 Å². The van der Waals surface area contributed by atoms with E-state index in [0.717, 1.165) is 5.56 Å². The molecule has 2 heterocycles. The van der Waals surface area contributed by atoms with Gasteiger partial charge in [0.2, 0.25) is 0 Å². The first-order valence-electron chi connectivity index (χ1n) is 6.46. The van der Waals surface area contributed by atoms with Crippen LogP contribution in [0, 0.1) is 6.92 Å². The lowest BCUT2D eigenvalue weighted by atomic mass is 10.2. The Labute approximate surface area is 121 Å². The van der Waals surface area contributed by atoms with Crippen molar-refractivity contribution < 1.29 is 14.3 Å². The van der Waals surface area contributed by atoms with Gasteiger partial charge in [0, 0.05) is 13.2 Å². The number of aromatic nitrogens is 3. The zero-order valence-electron chi connectivity index (χ0n) is 12.1. The summed E-state index contributed by atoms with van der Waals surface area (Å²) in [5, 5.41) is 6.62. The molecule has 0 bridgehead atoms. The predicted octanol–water partition coefficient (Wildman–Crippen LogP) is 1.55. The molecule has 2 aromatic heterocycles. The monoisotopic (exact) mass is 288 g/mol. The molecular weight excluding hydrogens is 272 g/mol. The first-order chi connectivity index (χ1) is 10.0. The van der Waals surface area contributed by atoms with Crippen molar-refractivity contribution >= 4 is 17.7 Å². The normalized spacial score (nSPS) is 10.2. The van der Waals surface area contributed by atoms with E-state index in [4.69, 9.17) is 4.74 Å². The van der Waals surface area contributed by atoms with Crippen molar-refractivity contribution in [1.29, 1.82) is 0 Å². The first-order valence-corrected chi connectivity index (χ1v) is 6.46. The Morgan fingerprint density at radius 3 is 2.86 bits per heavy atom. The van der Waals surface area contributed by atoms with Gasteiger partial charge in [-0.05, 0) is 25.5 Å². The van der Waals surface area contributed by atoms with Gasteiger partial charge in [-0.3, -0.25) is 14.5 Å². The Bertz CT molecular complexity index is 679. The summed E-state index contributed by atoms with van der Waals surface area (Å²) in [6, 6.07) is 3.54. The minimum atomic E-state index is -0.529. The molecule has 0 aliphatic carbocycles. The van der Waals surface area contributed by atoms with Gasteiger partial charge < -0.3 is 10.1 Å². The number of hydrogen-bond acceptors (Lipinski definition) is 5. The average molecular weight is 288 g/mol. The van der Waals surface area contributed by atoms with Gasteiger partial charge in [0.15, 0.2) is 0 Å². The Morgan fingerprint density at radius 1 is 1.43 bits per heavy atom. The molecule has 0 unspecified atom stereocenters. The molecule has 2 rings (SSSR count). The number of aryl methyl sites for hydroxylation is 2. The van der Waals surface area contributed by atoms with E-state index in [-0.39, 0.29) is 18.0 Å². The van der Waals surface area contributed by atoms with Gasteiger partial charge in [-0.15, -0.1) is 0 Å². The molecule has 0 saturated carbocycles. The van der Waals surface area contributed by atoms with Crippen molar-refractivity contribution in [2.75, 3.05) is 11.9 Å². The maximum absolute atomic E-state index is 12.3. The van der Waals surface area contributed by atoms with Crippen molar-refractivity contribution in [2.24, 2.45) is 7.05 Å². The summed E-state index contributed by atoms with van der Waals surface area (Å²) < 4.78 is 6.34. The quantitative estimate of drug-likeness (QED) is 0.863. The van der Waals surface area contributed by atoms with Gasteiger partial charge >= 0.3 is 5.97 Å². The molecule has 0 radical (unpaired) electrons. The molecule has 0 saturated heterocycles. The number of ether oxygens (including phenoxy) is 1. The van der Waals surface area contributed by atoms with Crippen LogP contribution < -0.4 is 5.32 Å². The van der Waals surface area contributed by atoms with E-state index in [1.807, 2.05) is 0 Å². The highest BCUT2D eigenvalue weighted by atomic mass is 16.5. The van der Waals surface area contributed by atoms with Crippen molar-refractivity contribution in [2.45, 2.75) is 13.8 Å². The lowest BCUT2D eigenvalue weighted by Gasteiger charge is -2.09. The number of hydrogen-bond donors (Lipinski definition) is 1. The van der Waals surface area contributed by atoms with E-state index in [9.17, 15) is 9.59 Å². The van der Waals surface area contributed by atoms with Crippen molar-refractivity contribution in [3.8, 4) is 0 Å². The van der Waals surface area contributed by atoms with E-state index in [2.05, 4.69) is 15.4 Å². The average Bonchev–Trinajstić information content (AvgIpc) is 2.81. The molecule has 1 N–H and O–H groups in total. The van der Waals surface area contributed by atoms with E-state index in [1.165, 1.54) is 17.1 Å². The molecule has 0 fully saturated rings. The zero-order valence-corrected chi connectivity index (χ0v) is 12.1. The number of esters is 1. The predicted molar refractivity (Wildman–Crippen MR) is 76.1 cm³/mol. The molecule has 0 aromatic carbocycles. The molecular formula is C14H16N4O3. The molecule has 0 atom stereocenters. The largest absolute Gasteiger partial charge is 0.462 e. The molecule has 110 valence electrons. The van der Waals surface area contributed by atoms with Crippen LogP contribution in [0.25, 0.3) is 0 Å². The van der Waals surface area contributed by atoms with Crippen LogP contribution in [-0.2, 0) is 11.8 Å². The molecule has 1 amide bonds. The smallest absolute Gasteiger partial charge is 0.343 e. The minimum Gasteiger partial charge on any atom is -0.462 e. The highest BCUT2D eigenvalue weighted by Crippen LogP contribution is 2.17.